The quantitative estimate of drug-likeness (QED) is 0.195. The van der Waals surface area contributed by atoms with Gasteiger partial charge in [0.1, 0.15) is 0 Å². The van der Waals surface area contributed by atoms with Crippen LogP contribution in [0, 0.1) is 5.82 Å². The Hall–Kier alpha value is -2.18. The average molecular weight is 681 g/mol. The maximum absolute atomic E-state index is 14.9. The fraction of sp³-hybridized carbons (Fsp3) is 0.297. The molecular weight excluding hydrogens is 640 g/mol. The number of fused-ring (bicyclic) bond motifs is 4. The zero-order chi connectivity index (χ0) is 29.2. The van der Waals surface area contributed by atoms with Gasteiger partial charge in [0.2, 0.25) is 0 Å². The number of hydrogen-bond donors (Lipinski definition) is 0. The number of nitrogens with zero attached hydrogens (tertiary/aromatic N) is 1. The Kier molecular flexibility index (Phi) is 9.74. The summed E-state index contributed by atoms with van der Waals surface area (Å²) >= 11 is -2.26. The van der Waals surface area contributed by atoms with Crippen LogP contribution in [0.5, 0.6) is 5.75 Å². The first-order chi connectivity index (χ1) is 20.3. The Labute approximate surface area is 280 Å². The molecular formula is C37H40Cl2FNOSiTi. The molecule has 0 bridgehead atoms. The van der Waals surface area contributed by atoms with Crippen LogP contribution in [-0.2, 0) is 22.4 Å². The molecule has 3 aliphatic rings. The summed E-state index contributed by atoms with van der Waals surface area (Å²) in [6.45, 7) is 14.1. The van der Waals surface area contributed by atoms with Gasteiger partial charge in [0, 0.05) is 0 Å². The van der Waals surface area contributed by atoms with Crippen molar-refractivity contribution in [1.29, 1.82) is 0 Å². The molecule has 0 spiro atoms. The summed E-state index contributed by atoms with van der Waals surface area (Å²) in [5.74, 6) is 0.601. The predicted octanol–water partition coefficient (Wildman–Crippen LogP) is 10.4. The second kappa shape index (κ2) is 12.9. The van der Waals surface area contributed by atoms with Crippen molar-refractivity contribution < 1.29 is 24.7 Å². The summed E-state index contributed by atoms with van der Waals surface area (Å²) in [5, 5.41) is 0. The van der Waals surface area contributed by atoms with Crippen LogP contribution in [0.2, 0.25) is 13.1 Å². The van der Waals surface area contributed by atoms with Crippen molar-refractivity contribution in [2.24, 2.45) is 0 Å². The molecule has 0 N–H and O–H groups in total. The molecule has 7 rings (SSSR count). The molecule has 1 fully saturated rings. The van der Waals surface area contributed by atoms with Crippen LogP contribution in [-0.4, -0.2) is 24.2 Å². The molecule has 0 saturated carbocycles. The summed E-state index contributed by atoms with van der Waals surface area (Å²) in [4.78, 5) is 2.67. The van der Waals surface area contributed by atoms with Gasteiger partial charge in [-0.3, -0.25) is 0 Å². The van der Waals surface area contributed by atoms with E-state index in [1.807, 2.05) is 6.07 Å². The third-order valence-corrected chi connectivity index (χ3v) is 18.6. The Balaban J connectivity index is 0.00000192. The first kappa shape index (κ1) is 33.2. The largest absolute Gasteiger partial charge is 0.147 e. The van der Waals surface area contributed by atoms with Crippen LogP contribution in [0.15, 0.2) is 90.5 Å². The molecule has 1 unspecified atom stereocenters. The minimum Gasteiger partial charge on any atom is -0.147 e. The summed E-state index contributed by atoms with van der Waals surface area (Å²) in [7, 11) is 0. The summed E-state index contributed by atoms with van der Waals surface area (Å²) in [6, 6.07) is 29.8. The molecule has 2 nitrogen and oxygen atoms in total. The molecule has 4 aromatic rings. The van der Waals surface area contributed by atoms with E-state index in [0.29, 0.717) is 6.04 Å². The Morgan fingerprint density at radius 3 is 2.18 bits per heavy atom. The van der Waals surface area contributed by atoms with Crippen LogP contribution < -0.4 is 3.32 Å². The average Bonchev–Trinajstić information content (AvgIpc) is 3.67. The van der Waals surface area contributed by atoms with E-state index in [9.17, 15) is 4.39 Å². The fourth-order valence-corrected chi connectivity index (χ4v) is 15.6. The van der Waals surface area contributed by atoms with Gasteiger partial charge in [-0.05, 0) is 0 Å². The molecule has 228 valence electrons. The SMILES string of the molecule is CC1=[C]([Ti]([O]c2ccc(F)cc2-c2ccc3c(c2)C(C)(C)c2ccccc2-3)=[Si](C)C)c2ccccc2C1N1CCCC1.Cl.Cl. The van der Waals surface area contributed by atoms with Crippen molar-refractivity contribution in [2.45, 2.75) is 58.2 Å². The van der Waals surface area contributed by atoms with Crippen LogP contribution >= 0.6 is 24.8 Å². The van der Waals surface area contributed by atoms with Crippen LogP contribution in [0.25, 0.3) is 26.1 Å². The molecule has 1 saturated heterocycles. The standard InChI is InChI=1S/C21H17FO.C14H16N.C2H6Si.2ClH.Ti/c1-21(2)18-6-4-3-5-15(18)16-9-7-13(11-19(16)21)17-12-14(22)8-10-20(17)23;1-11-10-12-6-2-3-7-13(12)14(11)15-8-4-5-9-15;1-3-2;;;/h3-12,23H,1-2H3;2-3,6-7,14H,4-5,8-9H2,1H3;1-2H3;2*1H;/q;;;;;+1/p-1. The van der Waals surface area contributed by atoms with Crippen LogP contribution in [0.3, 0.4) is 0 Å². The van der Waals surface area contributed by atoms with E-state index in [1.165, 1.54) is 55.7 Å². The van der Waals surface area contributed by atoms with Gasteiger partial charge in [-0.15, -0.1) is 24.8 Å². The van der Waals surface area contributed by atoms with Crippen molar-refractivity contribution >= 4 is 34.9 Å². The van der Waals surface area contributed by atoms with Gasteiger partial charge in [-0.2, -0.15) is 0 Å². The normalized spacial score (nSPS) is 17.7. The van der Waals surface area contributed by atoms with E-state index in [1.54, 1.807) is 12.1 Å². The molecule has 4 aromatic carbocycles. The smallest absolute Gasteiger partial charge is 0.147 e. The van der Waals surface area contributed by atoms with E-state index in [0.717, 1.165) is 30.0 Å². The van der Waals surface area contributed by atoms with E-state index >= 15 is 0 Å². The van der Waals surface area contributed by atoms with Gasteiger partial charge in [0.25, 0.3) is 0 Å². The molecule has 0 radical (unpaired) electrons. The topological polar surface area (TPSA) is 12.5 Å². The second-order valence-electron chi connectivity index (χ2n) is 12.8. The van der Waals surface area contributed by atoms with Crippen molar-refractivity contribution in [3.63, 3.8) is 0 Å². The third-order valence-electron chi connectivity index (χ3n) is 9.56. The number of rotatable bonds is 5. The van der Waals surface area contributed by atoms with Crippen molar-refractivity contribution in [2.75, 3.05) is 13.1 Å². The minimum atomic E-state index is -2.26. The van der Waals surface area contributed by atoms with Crippen molar-refractivity contribution in [1.82, 2.24) is 4.90 Å². The van der Waals surface area contributed by atoms with Crippen molar-refractivity contribution in [3.8, 4) is 28.0 Å². The van der Waals surface area contributed by atoms with Gasteiger partial charge in [0.15, 0.2) is 0 Å². The summed E-state index contributed by atoms with van der Waals surface area (Å²) < 4.78 is 23.6. The van der Waals surface area contributed by atoms with Crippen LogP contribution in [0.1, 0.15) is 61.9 Å². The minimum absolute atomic E-state index is 0. The zero-order valence-corrected chi connectivity index (χ0v) is 30.2. The van der Waals surface area contributed by atoms with E-state index in [4.69, 9.17) is 3.32 Å². The Bertz CT molecular complexity index is 1810. The van der Waals surface area contributed by atoms with Crippen molar-refractivity contribution in [3.05, 3.63) is 119 Å². The summed E-state index contributed by atoms with van der Waals surface area (Å²) in [5.41, 5.74) is 11.3. The number of benzene rings is 4. The van der Waals surface area contributed by atoms with Gasteiger partial charge in [-0.25, -0.2) is 0 Å². The molecule has 1 atom stereocenters. The Morgan fingerprint density at radius 1 is 0.795 bits per heavy atom. The molecule has 1 heterocycles. The Morgan fingerprint density at radius 2 is 1.45 bits per heavy atom. The third kappa shape index (κ3) is 5.46. The first-order valence-electron chi connectivity index (χ1n) is 15.2. The van der Waals surface area contributed by atoms with E-state index in [2.05, 4.69) is 105 Å². The van der Waals surface area contributed by atoms with Gasteiger partial charge >= 0.3 is 257 Å². The molecule has 44 heavy (non-hydrogen) atoms. The molecule has 2 aliphatic carbocycles. The zero-order valence-electron chi connectivity index (χ0n) is 26.0. The van der Waals surface area contributed by atoms with E-state index in [-0.39, 0.29) is 36.0 Å². The summed E-state index contributed by atoms with van der Waals surface area (Å²) in [6.07, 6.45) is 1.78. The van der Waals surface area contributed by atoms with Gasteiger partial charge < -0.3 is 0 Å². The molecule has 0 aromatic heterocycles. The monoisotopic (exact) mass is 679 g/mol. The number of hydrogen-bond acceptors (Lipinski definition) is 2. The fourth-order valence-electron chi connectivity index (χ4n) is 7.52. The molecule has 7 heteroatoms. The number of halogens is 3. The second-order valence-corrected chi connectivity index (χ2v) is 23.5. The first-order valence-corrected chi connectivity index (χ1v) is 21.5. The van der Waals surface area contributed by atoms with Crippen LogP contribution in [0.4, 0.5) is 4.39 Å². The maximum Gasteiger partial charge on any atom is -0.147 e. The predicted molar refractivity (Wildman–Crippen MR) is 185 cm³/mol. The van der Waals surface area contributed by atoms with Gasteiger partial charge in [-0.1, -0.05) is 0 Å². The number of likely N-dealkylation sites (tertiary alicyclic amines) is 1. The maximum atomic E-state index is 14.9. The van der Waals surface area contributed by atoms with Gasteiger partial charge in [0.05, 0.1) is 0 Å². The molecule has 1 aliphatic heterocycles. The molecule has 0 amide bonds. The van der Waals surface area contributed by atoms with E-state index < -0.39 is 23.2 Å².